The largest absolute Gasteiger partial charge is 0.508 e. The Balaban J connectivity index is 1.91. The van der Waals surface area contributed by atoms with Gasteiger partial charge in [0.15, 0.2) is 0 Å². The quantitative estimate of drug-likeness (QED) is 0.221. The Morgan fingerprint density at radius 1 is 0.971 bits per heavy atom. The van der Waals surface area contributed by atoms with Crippen LogP contribution in [0.4, 0.5) is 0 Å². The van der Waals surface area contributed by atoms with E-state index in [2.05, 4.69) is 18.7 Å². The summed E-state index contributed by atoms with van der Waals surface area (Å²) >= 11 is 5.98. The molecule has 0 saturated carbocycles. The van der Waals surface area contributed by atoms with Gasteiger partial charge < -0.3 is 20.0 Å². The molecule has 2 aromatic rings. The highest BCUT2D eigenvalue weighted by molar-refractivity contribution is 6.46. The van der Waals surface area contributed by atoms with Crippen LogP contribution in [0, 0.1) is 0 Å². The number of aliphatic hydroxyl groups is 1. The lowest BCUT2D eigenvalue weighted by molar-refractivity contribution is -0.140. The summed E-state index contributed by atoms with van der Waals surface area (Å²) in [6.07, 6.45) is 5.20. The lowest BCUT2D eigenvalue weighted by atomic mass is 9.95. The third-order valence-electron chi connectivity index (χ3n) is 6.37. The molecule has 0 aromatic heterocycles. The SMILES string of the molecule is CCCCN(CCCC)CCCN1C(=O)C(=O)C(=C(O)c2ccc(Cl)cc2)[C@H]1c1cccc(O)c1. The molecule has 2 aromatic carbocycles. The molecule has 0 spiro atoms. The summed E-state index contributed by atoms with van der Waals surface area (Å²) in [5, 5.41) is 21.7. The number of aromatic hydroxyl groups is 1. The van der Waals surface area contributed by atoms with Crippen molar-refractivity contribution >= 4 is 29.1 Å². The van der Waals surface area contributed by atoms with Gasteiger partial charge in [0.25, 0.3) is 11.7 Å². The van der Waals surface area contributed by atoms with Crippen LogP contribution in [-0.4, -0.2) is 57.9 Å². The number of phenolic OH excluding ortho intramolecular Hbond substituents is 1. The normalized spacial score (nSPS) is 17.5. The van der Waals surface area contributed by atoms with Crippen molar-refractivity contribution in [2.45, 2.75) is 52.0 Å². The third kappa shape index (κ3) is 6.65. The van der Waals surface area contributed by atoms with Crippen LogP contribution >= 0.6 is 11.6 Å². The zero-order valence-electron chi connectivity index (χ0n) is 20.5. The molecule has 0 unspecified atom stereocenters. The molecule has 0 bridgehead atoms. The van der Waals surface area contributed by atoms with E-state index in [4.69, 9.17) is 11.6 Å². The number of benzene rings is 2. The van der Waals surface area contributed by atoms with Crippen LogP contribution in [0.25, 0.3) is 5.76 Å². The van der Waals surface area contributed by atoms with E-state index in [9.17, 15) is 19.8 Å². The predicted octanol–water partition coefficient (Wildman–Crippen LogP) is 5.76. The van der Waals surface area contributed by atoms with Crippen molar-refractivity contribution in [2.24, 2.45) is 0 Å². The van der Waals surface area contributed by atoms with E-state index in [1.165, 1.54) is 17.0 Å². The van der Waals surface area contributed by atoms with E-state index in [1.54, 1.807) is 36.4 Å². The number of unbranched alkanes of at least 4 members (excludes halogenated alkanes) is 2. The van der Waals surface area contributed by atoms with Crippen LogP contribution < -0.4 is 0 Å². The molecule has 1 aliphatic heterocycles. The van der Waals surface area contributed by atoms with E-state index in [0.717, 1.165) is 45.3 Å². The molecule has 0 aliphatic carbocycles. The van der Waals surface area contributed by atoms with Gasteiger partial charge in [0.2, 0.25) is 0 Å². The Bertz CT molecular complexity index is 1040. The summed E-state index contributed by atoms with van der Waals surface area (Å²) in [5.41, 5.74) is 1.01. The van der Waals surface area contributed by atoms with Gasteiger partial charge in [-0.05, 0) is 80.9 Å². The number of aliphatic hydroxyl groups excluding tert-OH is 1. The lowest BCUT2D eigenvalue weighted by Gasteiger charge is -2.27. The Morgan fingerprint density at radius 3 is 2.20 bits per heavy atom. The fourth-order valence-corrected chi connectivity index (χ4v) is 4.60. The van der Waals surface area contributed by atoms with Gasteiger partial charge in [-0.1, -0.05) is 50.4 Å². The first-order chi connectivity index (χ1) is 16.9. The molecule has 0 radical (unpaired) electrons. The summed E-state index contributed by atoms with van der Waals surface area (Å²) in [6, 6.07) is 12.2. The smallest absolute Gasteiger partial charge is 0.295 e. The number of halogens is 1. The molecule has 1 atom stereocenters. The first kappa shape index (κ1) is 26.8. The molecular weight excluding hydrogens is 464 g/mol. The molecule has 1 saturated heterocycles. The van der Waals surface area contributed by atoms with Crippen molar-refractivity contribution < 1.29 is 19.8 Å². The van der Waals surface area contributed by atoms with Crippen LogP contribution in [0.1, 0.15) is 63.1 Å². The minimum Gasteiger partial charge on any atom is -0.508 e. The number of phenols is 1. The summed E-state index contributed by atoms with van der Waals surface area (Å²) in [6.45, 7) is 7.58. The number of carbonyl (C=O) groups excluding carboxylic acids is 2. The van der Waals surface area contributed by atoms with E-state index in [0.29, 0.717) is 29.1 Å². The van der Waals surface area contributed by atoms with Gasteiger partial charge in [-0.15, -0.1) is 0 Å². The number of carbonyl (C=O) groups is 2. The first-order valence-corrected chi connectivity index (χ1v) is 12.8. The van der Waals surface area contributed by atoms with Gasteiger partial charge in [-0.3, -0.25) is 9.59 Å². The van der Waals surface area contributed by atoms with Crippen LogP contribution in [0.3, 0.4) is 0 Å². The molecule has 1 heterocycles. The third-order valence-corrected chi connectivity index (χ3v) is 6.62. The van der Waals surface area contributed by atoms with E-state index < -0.39 is 17.7 Å². The van der Waals surface area contributed by atoms with E-state index in [-0.39, 0.29) is 17.1 Å². The average molecular weight is 499 g/mol. The maximum absolute atomic E-state index is 13.1. The number of hydrogen-bond donors (Lipinski definition) is 2. The van der Waals surface area contributed by atoms with Crippen molar-refractivity contribution in [1.29, 1.82) is 0 Å². The second-order valence-corrected chi connectivity index (χ2v) is 9.43. The number of Topliss-reactive ketones (excluding diaryl/α,β-unsaturated/α-hetero) is 1. The second-order valence-electron chi connectivity index (χ2n) is 9.00. The van der Waals surface area contributed by atoms with Gasteiger partial charge in [0.1, 0.15) is 11.5 Å². The Hall–Kier alpha value is -2.83. The Labute approximate surface area is 212 Å². The molecule has 188 valence electrons. The van der Waals surface area contributed by atoms with Gasteiger partial charge in [-0.25, -0.2) is 0 Å². The first-order valence-electron chi connectivity index (χ1n) is 12.4. The highest BCUT2D eigenvalue weighted by atomic mass is 35.5. The number of rotatable bonds is 12. The van der Waals surface area contributed by atoms with Gasteiger partial charge in [0, 0.05) is 17.1 Å². The number of nitrogens with zero attached hydrogens (tertiary/aromatic N) is 2. The highest BCUT2D eigenvalue weighted by Gasteiger charge is 2.45. The standard InChI is InChI=1S/C28H35ClN2O4/c1-3-5-15-30(16-6-4-2)17-8-18-31-25(21-9-7-10-23(32)19-21)24(27(34)28(31)35)26(33)20-11-13-22(29)14-12-20/h7,9-14,19,25,32-33H,3-6,8,15-18H2,1-2H3/t25-/m1/s1. The maximum atomic E-state index is 13.1. The minimum absolute atomic E-state index is 0.0248. The monoisotopic (exact) mass is 498 g/mol. The number of amides is 1. The van der Waals surface area contributed by atoms with Crippen molar-refractivity contribution in [1.82, 2.24) is 9.80 Å². The van der Waals surface area contributed by atoms with Crippen LogP contribution in [0.5, 0.6) is 5.75 Å². The zero-order chi connectivity index (χ0) is 25.4. The van der Waals surface area contributed by atoms with E-state index in [1.807, 2.05) is 0 Å². The lowest BCUT2D eigenvalue weighted by Crippen LogP contribution is -2.34. The second kappa shape index (κ2) is 12.8. The number of hydrogen-bond acceptors (Lipinski definition) is 5. The van der Waals surface area contributed by atoms with Crippen molar-refractivity contribution in [3.05, 3.63) is 70.3 Å². The van der Waals surface area contributed by atoms with Crippen LogP contribution in [0.2, 0.25) is 5.02 Å². The van der Waals surface area contributed by atoms with Crippen molar-refractivity contribution in [3.63, 3.8) is 0 Å². The van der Waals surface area contributed by atoms with Crippen LogP contribution in [0.15, 0.2) is 54.1 Å². The molecule has 35 heavy (non-hydrogen) atoms. The van der Waals surface area contributed by atoms with E-state index >= 15 is 0 Å². The van der Waals surface area contributed by atoms with Crippen molar-refractivity contribution in [3.8, 4) is 5.75 Å². The molecule has 1 aliphatic rings. The summed E-state index contributed by atoms with van der Waals surface area (Å²) < 4.78 is 0. The fraction of sp³-hybridized carbons (Fsp3) is 0.429. The topological polar surface area (TPSA) is 81.1 Å². The summed E-state index contributed by atoms with van der Waals surface area (Å²) in [7, 11) is 0. The average Bonchev–Trinajstić information content (AvgIpc) is 3.10. The van der Waals surface area contributed by atoms with Gasteiger partial charge in [0.05, 0.1) is 11.6 Å². The Kier molecular flexibility index (Phi) is 9.75. The molecule has 2 N–H and O–H groups in total. The maximum Gasteiger partial charge on any atom is 0.295 e. The molecule has 1 amide bonds. The molecule has 1 fully saturated rings. The molecule has 7 heteroatoms. The van der Waals surface area contributed by atoms with Crippen LogP contribution in [-0.2, 0) is 9.59 Å². The molecule has 6 nitrogen and oxygen atoms in total. The predicted molar refractivity (Wildman–Crippen MR) is 139 cm³/mol. The number of ketones is 1. The molecule has 3 rings (SSSR count). The van der Waals surface area contributed by atoms with Gasteiger partial charge in [-0.2, -0.15) is 0 Å². The summed E-state index contributed by atoms with van der Waals surface area (Å²) in [5.74, 6) is -1.57. The molecular formula is C28H35ClN2O4. The Morgan fingerprint density at radius 2 is 1.60 bits per heavy atom. The van der Waals surface area contributed by atoms with Gasteiger partial charge >= 0.3 is 0 Å². The van der Waals surface area contributed by atoms with Crippen molar-refractivity contribution in [2.75, 3.05) is 26.2 Å². The highest BCUT2D eigenvalue weighted by Crippen LogP contribution is 2.40. The minimum atomic E-state index is -0.780. The fourth-order valence-electron chi connectivity index (χ4n) is 4.48. The number of likely N-dealkylation sites (tertiary alicyclic amines) is 1. The summed E-state index contributed by atoms with van der Waals surface area (Å²) in [4.78, 5) is 30.2. The zero-order valence-corrected chi connectivity index (χ0v) is 21.3.